The molecule has 0 aromatic heterocycles. The molecule has 0 saturated carbocycles. The zero-order chi connectivity index (χ0) is 22.3. The quantitative estimate of drug-likeness (QED) is 0.819. The Morgan fingerprint density at radius 2 is 1.81 bits per heavy atom. The first-order valence-electron chi connectivity index (χ1n) is 10.7. The van der Waals surface area contributed by atoms with Crippen LogP contribution in [0.2, 0.25) is 0 Å². The summed E-state index contributed by atoms with van der Waals surface area (Å²) in [6, 6.07) is 12.9. The van der Waals surface area contributed by atoms with Crippen molar-refractivity contribution < 1.29 is 14.4 Å². The molecule has 164 valence electrons. The van der Waals surface area contributed by atoms with Gasteiger partial charge in [-0.2, -0.15) is 0 Å². The van der Waals surface area contributed by atoms with Crippen molar-refractivity contribution in [3.8, 4) is 0 Å². The van der Waals surface area contributed by atoms with Crippen LogP contribution in [0.5, 0.6) is 0 Å². The van der Waals surface area contributed by atoms with E-state index < -0.39 is 12.2 Å². The number of amides is 4. The van der Waals surface area contributed by atoms with Crippen molar-refractivity contribution in [2.45, 2.75) is 45.6 Å². The first kappa shape index (κ1) is 21.1. The van der Waals surface area contributed by atoms with Crippen LogP contribution in [0.25, 0.3) is 10.8 Å². The Kier molecular flexibility index (Phi) is 5.58. The average molecular weight is 424 g/mol. The van der Waals surface area contributed by atoms with Gasteiger partial charge in [0.05, 0.1) is 12.6 Å². The van der Waals surface area contributed by atoms with Crippen LogP contribution in [-0.2, 0) is 16.1 Å². The lowest BCUT2D eigenvalue weighted by Gasteiger charge is -2.56. The molecule has 2 saturated heterocycles. The average Bonchev–Trinajstić information content (AvgIpc) is 2.75. The van der Waals surface area contributed by atoms with Crippen LogP contribution < -0.4 is 5.32 Å². The highest BCUT2D eigenvalue weighted by molar-refractivity contribution is 5.92. The second kappa shape index (κ2) is 8.19. The number of rotatable bonds is 3. The number of piperazine rings is 1. The lowest BCUT2D eigenvalue weighted by Crippen LogP contribution is -2.77. The standard InChI is InChI=1S/C23H29N5O3/c1-5-24-23(31)28-21-15(2)26(22(30)16(3)27(21)20(29)14-25(28)4)13-18-11-8-10-17-9-6-7-12-19(17)18/h6-12,15-16,21H,5,13-14H2,1-4H3,(H,24,31)/t15-,16-,21-/m0/s1. The highest BCUT2D eigenvalue weighted by Crippen LogP contribution is 2.32. The lowest BCUT2D eigenvalue weighted by atomic mass is 9.99. The predicted octanol–water partition coefficient (Wildman–Crippen LogP) is 2.01. The number of urea groups is 1. The van der Waals surface area contributed by atoms with Crippen molar-refractivity contribution in [3.05, 3.63) is 48.0 Å². The van der Waals surface area contributed by atoms with E-state index in [4.69, 9.17) is 0 Å². The molecular weight excluding hydrogens is 394 g/mol. The summed E-state index contributed by atoms with van der Waals surface area (Å²) in [7, 11) is 1.73. The number of benzene rings is 2. The van der Waals surface area contributed by atoms with Crippen molar-refractivity contribution in [2.24, 2.45) is 0 Å². The molecule has 4 rings (SSSR count). The van der Waals surface area contributed by atoms with E-state index in [0.717, 1.165) is 16.3 Å². The van der Waals surface area contributed by atoms with Crippen molar-refractivity contribution in [1.82, 2.24) is 25.1 Å². The fourth-order valence-electron chi connectivity index (χ4n) is 4.77. The molecule has 8 nitrogen and oxygen atoms in total. The third-order valence-corrected chi connectivity index (χ3v) is 6.29. The van der Waals surface area contributed by atoms with Gasteiger partial charge in [-0.15, -0.1) is 0 Å². The summed E-state index contributed by atoms with van der Waals surface area (Å²) >= 11 is 0. The minimum atomic E-state index is -0.644. The Morgan fingerprint density at radius 3 is 2.55 bits per heavy atom. The molecule has 8 heteroatoms. The number of hydrogen-bond acceptors (Lipinski definition) is 4. The van der Waals surface area contributed by atoms with Crippen LogP contribution in [0.3, 0.4) is 0 Å². The number of carbonyl (C=O) groups excluding carboxylic acids is 3. The molecule has 2 fully saturated rings. The maximum absolute atomic E-state index is 13.4. The molecule has 4 amide bonds. The molecule has 1 N–H and O–H groups in total. The second-order valence-corrected chi connectivity index (χ2v) is 8.23. The Balaban J connectivity index is 1.72. The SMILES string of the molecule is CCNC(=O)N1[C@H]2[C@H](C)N(Cc3cccc4ccccc34)C(=O)[C@H](C)N2C(=O)CN1C. The summed E-state index contributed by atoms with van der Waals surface area (Å²) in [5.41, 5.74) is 1.04. The number of carbonyl (C=O) groups is 3. The highest BCUT2D eigenvalue weighted by atomic mass is 16.2. The second-order valence-electron chi connectivity index (χ2n) is 8.23. The van der Waals surface area contributed by atoms with Crippen molar-refractivity contribution in [2.75, 3.05) is 20.1 Å². The molecule has 0 bridgehead atoms. The van der Waals surface area contributed by atoms with E-state index in [1.807, 2.05) is 38.1 Å². The third-order valence-electron chi connectivity index (χ3n) is 6.29. The number of hydrogen-bond donors (Lipinski definition) is 1. The van der Waals surface area contributed by atoms with Crippen LogP contribution >= 0.6 is 0 Å². The van der Waals surface area contributed by atoms with E-state index in [0.29, 0.717) is 13.1 Å². The van der Waals surface area contributed by atoms with Gasteiger partial charge in [-0.1, -0.05) is 42.5 Å². The smallest absolute Gasteiger partial charge is 0.333 e. The fraction of sp³-hybridized carbons (Fsp3) is 0.435. The van der Waals surface area contributed by atoms with Crippen molar-refractivity contribution >= 4 is 28.6 Å². The van der Waals surface area contributed by atoms with E-state index in [-0.39, 0.29) is 30.4 Å². The van der Waals surface area contributed by atoms with Crippen molar-refractivity contribution in [1.29, 1.82) is 0 Å². The first-order valence-corrected chi connectivity index (χ1v) is 10.7. The number of nitrogens with zero attached hydrogens (tertiary/aromatic N) is 4. The van der Waals surface area contributed by atoms with Gasteiger partial charge in [0.25, 0.3) is 0 Å². The van der Waals surface area contributed by atoms with Gasteiger partial charge in [0, 0.05) is 20.1 Å². The molecular formula is C23H29N5O3. The number of nitrogens with one attached hydrogen (secondary N) is 1. The molecule has 2 aliphatic rings. The summed E-state index contributed by atoms with van der Waals surface area (Å²) in [5, 5.41) is 8.26. The number of likely N-dealkylation sites (N-methyl/N-ethyl adjacent to an activating group) is 1. The van der Waals surface area contributed by atoms with Gasteiger partial charge in [-0.25, -0.2) is 14.8 Å². The Labute approximate surface area is 182 Å². The molecule has 31 heavy (non-hydrogen) atoms. The van der Waals surface area contributed by atoms with E-state index >= 15 is 0 Å². The summed E-state index contributed by atoms with van der Waals surface area (Å²) in [4.78, 5) is 42.5. The molecule has 0 spiro atoms. The zero-order valence-corrected chi connectivity index (χ0v) is 18.4. The molecule has 2 aromatic carbocycles. The van der Waals surface area contributed by atoms with Crippen LogP contribution in [0.4, 0.5) is 4.79 Å². The van der Waals surface area contributed by atoms with Gasteiger partial charge in [-0.05, 0) is 37.1 Å². The number of hydrazine groups is 1. The van der Waals surface area contributed by atoms with Gasteiger partial charge >= 0.3 is 6.03 Å². The van der Waals surface area contributed by atoms with Crippen LogP contribution in [0.15, 0.2) is 42.5 Å². The normalized spacial score (nSPS) is 24.5. The van der Waals surface area contributed by atoms with E-state index in [9.17, 15) is 14.4 Å². The molecule has 0 unspecified atom stereocenters. The van der Waals surface area contributed by atoms with Crippen LogP contribution in [0, 0.1) is 0 Å². The Hall–Kier alpha value is -3.13. The lowest BCUT2D eigenvalue weighted by molar-refractivity contribution is -0.194. The Morgan fingerprint density at radius 1 is 1.10 bits per heavy atom. The molecule has 0 radical (unpaired) electrons. The molecule has 2 aliphatic heterocycles. The first-order chi connectivity index (χ1) is 14.8. The van der Waals surface area contributed by atoms with Gasteiger partial charge in [0.1, 0.15) is 12.2 Å². The van der Waals surface area contributed by atoms with E-state index in [1.54, 1.807) is 33.8 Å². The fourth-order valence-corrected chi connectivity index (χ4v) is 4.77. The predicted molar refractivity (Wildman–Crippen MR) is 118 cm³/mol. The van der Waals surface area contributed by atoms with Gasteiger partial charge in [0.2, 0.25) is 11.8 Å². The maximum Gasteiger partial charge on any atom is 0.333 e. The van der Waals surface area contributed by atoms with Crippen LogP contribution in [0.1, 0.15) is 26.3 Å². The monoisotopic (exact) mass is 423 g/mol. The highest BCUT2D eigenvalue weighted by Gasteiger charge is 2.52. The zero-order valence-electron chi connectivity index (χ0n) is 18.4. The summed E-state index contributed by atoms with van der Waals surface area (Å²) in [6.07, 6.45) is -0.569. The van der Waals surface area contributed by atoms with Crippen LogP contribution in [-0.4, -0.2) is 76.0 Å². The third kappa shape index (κ3) is 3.50. The summed E-state index contributed by atoms with van der Waals surface area (Å²) in [5.74, 6) is -0.254. The van der Waals surface area contributed by atoms with E-state index in [1.165, 1.54) is 0 Å². The van der Waals surface area contributed by atoms with E-state index in [2.05, 4.69) is 23.5 Å². The summed E-state index contributed by atoms with van der Waals surface area (Å²) < 4.78 is 0. The van der Waals surface area contributed by atoms with Gasteiger partial charge < -0.3 is 15.1 Å². The van der Waals surface area contributed by atoms with Gasteiger partial charge in [0.15, 0.2) is 0 Å². The van der Waals surface area contributed by atoms with Crippen molar-refractivity contribution in [3.63, 3.8) is 0 Å². The molecule has 2 aromatic rings. The Bertz CT molecular complexity index is 1020. The molecule has 3 atom stereocenters. The van der Waals surface area contributed by atoms with Gasteiger partial charge in [-0.3, -0.25) is 9.59 Å². The molecule has 2 heterocycles. The number of fused-ring (bicyclic) bond motifs is 2. The largest absolute Gasteiger partial charge is 0.337 e. The summed E-state index contributed by atoms with van der Waals surface area (Å²) in [6.45, 7) is 6.46. The minimum absolute atomic E-state index is 0.0568. The maximum atomic E-state index is 13.4. The topological polar surface area (TPSA) is 76.2 Å². The minimum Gasteiger partial charge on any atom is -0.337 e. The molecule has 0 aliphatic carbocycles.